The fraction of sp³-hybridized carbons (Fsp3) is 0.312. The van der Waals surface area contributed by atoms with Gasteiger partial charge in [-0.1, -0.05) is 12.1 Å². The summed E-state index contributed by atoms with van der Waals surface area (Å²) in [4.78, 5) is 14.2. The molecule has 4 heteroatoms. The molecule has 1 aliphatic rings. The second kappa shape index (κ2) is 5.98. The average Bonchev–Trinajstić information content (AvgIpc) is 2.91. The first kappa shape index (κ1) is 13.7. The van der Waals surface area contributed by atoms with Gasteiger partial charge in [-0.2, -0.15) is 0 Å². The molecule has 0 atom stereocenters. The molecule has 1 aromatic heterocycles. The number of carbonyl (C=O) groups is 1. The van der Waals surface area contributed by atoms with Crippen LogP contribution in [0.25, 0.3) is 10.4 Å². The number of carbonyl (C=O) groups excluding carboxylic acids is 1. The van der Waals surface area contributed by atoms with Gasteiger partial charge < -0.3 is 5.32 Å². The molecule has 0 saturated heterocycles. The topological polar surface area (TPSA) is 29.1 Å². The Balaban J connectivity index is 1.88. The van der Waals surface area contributed by atoms with Crippen LogP contribution >= 0.6 is 22.9 Å². The maximum Gasteiger partial charge on any atom is 0.239 e. The van der Waals surface area contributed by atoms with Crippen LogP contribution in [0.3, 0.4) is 0 Å². The first-order valence-corrected chi connectivity index (χ1v) is 8.19. The molecule has 0 aliphatic heterocycles. The first-order valence-electron chi connectivity index (χ1n) is 6.84. The minimum Gasteiger partial charge on any atom is -0.325 e. The van der Waals surface area contributed by atoms with E-state index >= 15 is 0 Å². The van der Waals surface area contributed by atoms with Gasteiger partial charge in [0.15, 0.2) is 0 Å². The van der Waals surface area contributed by atoms with Crippen LogP contribution in [0.2, 0.25) is 0 Å². The largest absolute Gasteiger partial charge is 0.325 e. The zero-order chi connectivity index (χ0) is 13.9. The Bertz CT molecular complexity index is 612. The summed E-state index contributed by atoms with van der Waals surface area (Å²) < 4.78 is 0. The molecule has 1 aliphatic carbocycles. The number of alkyl halides is 1. The van der Waals surface area contributed by atoms with E-state index in [4.69, 9.17) is 11.6 Å². The molecule has 1 heterocycles. The molecule has 0 saturated carbocycles. The predicted molar refractivity (Wildman–Crippen MR) is 85.7 cm³/mol. The number of anilines is 1. The van der Waals surface area contributed by atoms with Gasteiger partial charge in [-0.05, 0) is 55.0 Å². The summed E-state index contributed by atoms with van der Waals surface area (Å²) in [5, 5.41) is 2.80. The summed E-state index contributed by atoms with van der Waals surface area (Å²) in [6.07, 6.45) is 5.02. The average molecular weight is 306 g/mol. The van der Waals surface area contributed by atoms with E-state index in [0.29, 0.717) is 0 Å². The maximum absolute atomic E-state index is 11.3. The summed E-state index contributed by atoms with van der Waals surface area (Å²) in [7, 11) is 0. The Morgan fingerprint density at radius 1 is 1.25 bits per heavy atom. The van der Waals surface area contributed by atoms with Crippen molar-refractivity contribution in [1.82, 2.24) is 0 Å². The van der Waals surface area contributed by atoms with Crippen molar-refractivity contribution in [3.8, 4) is 10.4 Å². The van der Waals surface area contributed by atoms with Crippen molar-refractivity contribution in [2.45, 2.75) is 25.7 Å². The van der Waals surface area contributed by atoms with Crippen LogP contribution in [0.15, 0.2) is 30.3 Å². The molecule has 0 fully saturated rings. The molecule has 1 N–H and O–H groups in total. The summed E-state index contributed by atoms with van der Waals surface area (Å²) in [6, 6.07) is 10.3. The third kappa shape index (κ3) is 2.89. The number of aryl methyl sites for hydroxylation is 2. The Kier molecular flexibility index (Phi) is 4.08. The molecule has 0 spiro atoms. The van der Waals surface area contributed by atoms with Gasteiger partial charge in [-0.3, -0.25) is 4.79 Å². The van der Waals surface area contributed by atoms with Crippen LogP contribution in [0.1, 0.15) is 23.3 Å². The Hall–Kier alpha value is -1.32. The Labute approximate surface area is 127 Å². The second-order valence-electron chi connectivity index (χ2n) is 5.03. The summed E-state index contributed by atoms with van der Waals surface area (Å²) >= 11 is 7.40. The lowest BCUT2D eigenvalue weighted by Crippen LogP contribution is -2.12. The standard InChI is InChI=1S/C16H16ClNOS/c17-10-16(19)18-13-6-3-5-11(8-13)15-9-12-4-1-2-7-14(12)20-15/h3,5-6,8-9H,1-2,4,7,10H2,(H,18,19). The van der Waals surface area contributed by atoms with Crippen LogP contribution in [0.4, 0.5) is 5.69 Å². The summed E-state index contributed by atoms with van der Waals surface area (Å²) in [5.74, 6) is -0.188. The van der Waals surface area contributed by atoms with E-state index in [-0.39, 0.29) is 11.8 Å². The van der Waals surface area contributed by atoms with E-state index in [0.717, 1.165) is 11.3 Å². The number of hydrogen-bond acceptors (Lipinski definition) is 2. The van der Waals surface area contributed by atoms with Gasteiger partial charge in [0.05, 0.1) is 0 Å². The SMILES string of the molecule is O=C(CCl)Nc1cccc(-c2cc3c(s2)CCCC3)c1. The summed E-state index contributed by atoms with van der Waals surface area (Å²) in [6.45, 7) is 0. The molecule has 0 radical (unpaired) electrons. The Morgan fingerprint density at radius 2 is 2.10 bits per heavy atom. The number of thiophene rings is 1. The van der Waals surface area contributed by atoms with E-state index in [2.05, 4.69) is 17.4 Å². The molecular weight excluding hydrogens is 290 g/mol. The van der Waals surface area contributed by atoms with Crippen LogP contribution in [0.5, 0.6) is 0 Å². The molecule has 20 heavy (non-hydrogen) atoms. The predicted octanol–water partition coefficient (Wildman–Crippen LogP) is 4.47. The van der Waals surface area contributed by atoms with Gasteiger partial charge in [0.2, 0.25) is 5.91 Å². The number of fused-ring (bicyclic) bond motifs is 1. The number of rotatable bonds is 3. The van der Waals surface area contributed by atoms with Crippen LogP contribution in [-0.2, 0) is 17.6 Å². The second-order valence-corrected chi connectivity index (χ2v) is 6.43. The van der Waals surface area contributed by atoms with Gasteiger partial charge >= 0.3 is 0 Å². The molecule has 2 aromatic rings. The fourth-order valence-electron chi connectivity index (χ4n) is 2.58. The zero-order valence-corrected chi connectivity index (χ0v) is 12.7. The number of amides is 1. The minimum absolute atomic E-state index is 0.0163. The minimum atomic E-state index is -0.172. The third-order valence-electron chi connectivity index (χ3n) is 3.55. The highest BCUT2D eigenvalue weighted by atomic mass is 35.5. The highest BCUT2D eigenvalue weighted by Crippen LogP contribution is 2.36. The van der Waals surface area contributed by atoms with Crippen molar-refractivity contribution in [2.24, 2.45) is 0 Å². The quantitative estimate of drug-likeness (QED) is 0.833. The van der Waals surface area contributed by atoms with Gasteiger partial charge in [0.25, 0.3) is 0 Å². The molecule has 0 unspecified atom stereocenters. The smallest absolute Gasteiger partial charge is 0.239 e. The van der Waals surface area contributed by atoms with Crippen molar-refractivity contribution < 1.29 is 4.79 Å². The zero-order valence-electron chi connectivity index (χ0n) is 11.1. The van der Waals surface area contributed by atoms with Crippen LogP contribution in [0, 0.1) is 0 Å². The van der Waals surface area contributed by atoms with E-state index in [1.807, 2.05) is 29.5 Å². The van der Waals surface area contributed by atoms with Crippen molar-refractivity contribution >= 4 is 34.5 Å². The number of hydrogen-bond donors (Lipinski definition) is 1. The lowest BCUT2D eigenvalue weighted by Gasteiger charge is -2.08. The normalized spacial score (nSPS) is 13.8. The van der Waals surface area contributed by atoms with Gasteiger partial charge in [0.1, 0.15) is 5.88 Å². The van der Waals surface area contributed by atoms with Crippen molar-refractivity contribution in [3.63, 3.8) is 0 Å². The van der Waals surface area contributed by atoms with Crippen LogP contribution < -0.4 is 5.32 Å². The molecule has 1 amide bonds. The molecule has 1 aromatic carbocycles. The third-order valence-corrected chi connectivity index (χ3v) is 5.08. The van der Waals surface area contributed by atoms with Crippen molar-refractivity contribution in [1.29, 1.82) is 0 Å². The van der Waals surface area contributed by atoms with Gasteiger partial charge in [0, 0.05) is 15.4 Å². The highest BCUT2D eigenvalue weighted by molar-refractivity contribution is 7.15. The number of benzene rings is 1. The van der Waals surface area contributed by atoms with E-state index < -0.39 is 0 Å². The van der Waals surface area contributed by atoms with Crippen molar-refractivity contribution in [3.05, 3.63) is 40.8 Å². The lowest BCUT2D eigenvalue weighted by atomic mass is 9.99. The molecule has 2 nitrogen and oxygen atoms in total. The Morgan fingerprint density at radius 3 is 2.90 bits per heavy atom. The van der Waals surface area contributed by atoms with Gasteiger partial charge in [-0.25, -0.2) is 0 Å². The lowest BCUT2D eigenvalue weighted by molar-refractivity contribution is -0.113. The first-order chi connectivity index (χ1) is 9.76. The van der Waals surface area contributed by atoms with Gasteiger partial charge in [-0.15, -0.1) is 22.9 Å². The van der Waals surface area contributed by atoms with E-state index in [1.54, 1.807) is 0 Å². The molecule has 0 bridgehead atoms. The van der Waals surface area contributed by atoms with Crippen molar-refractivity contribution in [2.75, 3.05) is 11.2 Å². The number of nitrogens with one attached hydrogen (secondary N) is 1. The molecule has 3 rings (SSSR count). The molecular formula is C16H16ClNOS. The maximum atomic E-state index is 11.3. The number of halogens is 1. The highest BCUT2D eigenvalue weighted by Gasteiger charge is 2.14. The van der Waals surface area contributed by atoms with Crippen LogP contribution in [-0.4, -0.2) is 11.8 Å². The molecule has 104 valence electrons. The summed E-state index contributed by atoms with van der Waals surface area (Å²) in [5.41, 5.74) is 3.47. The monoisotopic (exact) mass is 305 g/mol. The fourth-order valence-corrected chi connectivity index (χ4v) is 3.89. The van der Waals surface area contributed by atoms with E-state index in [9.17, 15) is 4.79 Å². The van der Waals surface area contributed by atoms with E-state index in [1.165, 1.54) is 41.0 Å².